The van der Waals surface area contributed by atoms with Crippen LogP contribution in [0.5, 0.6) is 0 Å². The highest BCUT2D eigenvalue weighted by Crippen LogP contribution is 2.39. The van der Waals surface area contributed by atoms with Crippen LogP contribution in [0, 0.1) is 23.6 Å². The van der Waals surface area contributed by atoms with E-state index in [0.29, 0.717) is 5.92 Å². The Balaban J connectivity index is 1.34. The van der Waals surface area contributed by atoms with Crippen LogP contribution in [0.1, 0.15) is 76.7 Å². The van der Waals surface area contributed by atoms with Gasteiger partial charge in [-0.15, -0.1) is 0 Å². The molecule has 2 heteroatoms. The first kappa shape index (κ1) is 19.1. The maximum atomic E-state index is 13.1. The Morgan fingerprint density at radius 3 is 2.16 bits per heavy atom. The Bertz CT molecular complexity index is 493. The summed E-state index contributed by atoms with van der Waals surface area (Å²) in [4.78, 5) is 0. The maximum absolute atomic E-state index is 13.1. The summed E-state index contributed by atoms with van der Waals surface area (Å²) in [7, 11) is -0.404. The molecule has 2 fully saturated rings. The van der Waals surface area contributed by atoms with Gasteiger partial charge in [-0.25, -0.2) is 4.39 Å². The molecule has 2 aliphatic rings. The van der Waals surface area contributed by atoms with E-state index in [9.17, 15) is 4.39 Å². The van der Waals surface area contributed by atoms with Gasteiger partial charge in [0.05, 0.1) is 0 Å². The largest absolute Gasteiger partial charge is 0.207 e. The van der Waals surface area contributed by atoms with Crippen LogP contribution in [0.25, 0.3) is 0 Å². The Morgan fingerprint density at radius 1 is 0.920 bits per heavy atom. The molecule has 1 saturated heterocycles. The van der Waals surface area contributed by atoms with E-state index in [4.69, 9.17) is 0 Å². The van der Waals surface area contributed by atoms with Gasteiger partial charge < -0.3 is 0 Å². The van der Waals surface area contributed by atoms with Crippen molar-refractivity contribution in [3.63, 3.8) is 0 Å². The summed E-state index contributed by atoms with van der Waals surface area (Å²) in [5.41, 5.74) is 1.36. The van der Waals surface area contributed by atoms with Gasteiger partial charge in [-0.1, -0.05) is 63.4 Å². The van der Waals surface area contributed by atoms with Gasteiger partial charge in [0.1, 0.15) is 5.82 Å². The van der Waals surface area contributed by atoms with Crippen molar-refractivity contribution < 1.29 is 4.39 Å². The monoisotopic (exact) mass is 360 g/mol. The molecule has 0 N–H and O–H groups in total. The van der Waals surface area contributed by atoms with Crippen LogP contribution < -0.4 is 0 Å². The third kappa shape index (κ3) is 5.94. The van der Waals surface area contributed by atoms with Crippen LogP contribution in [0.4, 0.5) is 4.39 Å². The highest BCUT2D eigenvalue weighted by Gasteiger charge is 2.26. The second-order valence-corrected chi connectivity index (χ2v) is 12.8. The Morgan fingerprint density at radius 2 is 1.56 bits per heavy atom. The van der Waals surface area contributed by atoms with Gasteiger partial charge in [0.25, 0.3) is 0 Å². The second-order valence-electron chi connectivity index (χ2n) is 9.36. The summed E-state index contributed by atoms with van der Waals surface area (Å²) >= 11 is 0. The van der Waals surface area contributed by atoms with Gasteiger partial charge in [-0.3, -0.25) is 0 Å². The average molecular weight is 361 g/mol. The predicted octanol–water partition coefficient (Wildman–Crippen LogP) is 7.17. The molecular weight excluding hydrogens is 323 g/mol. The molecule has 3 rings (SSSR count). The van der Waals surface area contributed by atoms with Gasteiger partial charge >= 0.3 is 0 Å². The van der Waals surface area contributed by atoms with Gasteiger partial charge in [-0.05, 0) is 73.5 Å². The first-order chi connectivity index (χ1) is 12.1. The third-order valence-corrected chi connectivity index (χ3v) is 10.4. The topological polar surface area (TPSA) is 0 Å². The van der Waals surface area contributed by atoms with Crippen LogP contribution in [-0.2, 0) is 0 Å². The third-order valence-electron chi connectivity index (χ3n) is 6.94. The summed E-state index contributed by atoms with van der Waals surface area (Å²) in [5, 5.41) is 0. The summed E-state index contributed by atoms with van der Waals surface area (Å²) in [6.45, 7) is 4.76. The fourth-order valence-electron chi connectivity index (χ4n) is 5.41. The highest BCUT2D eigenvalue weighted by molar-refractivity contribution is 6.58. The Labute approximate surface area is 156 Å². The SMILES string of the molecule is CC(C)CC1CC[SiH](CCC2CCC(c3ccc(F)cc3)CC2)CC1. The number of halogens is 1. The molecular formula is C23H37FSi. The van der Waals surface area contributed by atoms with Crippen LogP contribution in [0.15, 0.2) is 24.3 Å². The first-order valence-electron chi connectivity index (χ1n) is 10.9. The van der Waals surface area contributed by atoms with Crippen LogP contribution in [-0.4, -0.2) is 8.80 Å². The van der Waals surface area contributed by atoms with Crippen LogP contribution >= 0.6 is 0 Å². The maximum Gasteiger partial charge on any atom is 0.123 e. The van der Waals surface area contributed by atoms with Crippen molar-refractivity contribution in [2.75, 3.05) is 0 Å². The van der Waals surface area contributed by atoms with E-state index in [1.807, 2.05) is 12.1 Å². The van der Waals surface area contributed by atoms with E-state index in [1.54, 1.807) is 43.1 Å². The summed E-state index contributed by atoms with van der Waals surface area (Å²) < 4.78 is 13.1. The van der Waals surface area contributed by atoms with Crippen molar-refractivity contribution >= 4 is 8.80 Å². The molecule has 0 spiro atoms. The van der Waals surface area contributed by atoms with E-state index in [2.05, 4.69) is 13.8 Å². The zero-order valence-electron chi connectivity index (χ0n) is 16.4. The normalized spacial score (nSPS) is 30.6. The van der Waals surface area contributed by atoms with Gasteiger partial charge in [0.15, 0.2) is 0 Å². The standard InChI is InChI=1S/C23H37FSi/c1-18(2)17-20-12-15-25(16-13-20)14-11-19-3-5-21(6-4-19)22-7-9-23(24)10-8-22/h7-10,18-21,25H,3-6,11-17H2,1-2H3. The predicted molar refractivity (Wildman–Crippen MR) is 109 cm³/mol. The lowest BCUT2D eigenvalue weighted by molar-refractivity contribution is 0.317. The minimum absolute atomic E-state index is 0.106. The number of benzene rings is 1. The zero-order valence-corrected chi connectivity index (χ0v) is 17.5. The molecule has 0 bridgehead atoms. The van der Waals surface area contributed by atoms with Crippen molar-refractivity contribution in [2.45, 2.75) is 89.3 Å². The molecule has 0 aromatic heterocycles. The van der Waals surface area contributed by atoms with Gasteiger partial charge in [0, 0.05) is 8.80 Å². The second kappa shape index (κ2) is 9.35. The smallest absolute Gasteiger partial charge is 0.123 e. The van der Waals surface area contributed by atoms with Gasteiger partial charge in [0.2, 0.25) is 0 Å². The molecule has 1 saturated carbocycles. The summed E-state index contributed by atoms with van der Waals surface area (Å²) in [6, 6.07) is 12.1. The molecule has 1 heterocycles. The molecule has 0 unspecified atom stereocenters. The molecule has 0 amide bonds. The quantitative estimate of drug-likeness (QED) is 0.472. The molecule has 0 radical (unpaired) electrons. The molecule has 25 heavy (non-hydrogen) atoms. The fourth-order valence-corrected chi connectivity index (χ4v) is 9.11. The van der Waals surface area contributed by atoms with E-state index >= 15 is 0 Å². The number of hydrogen-bond donors (Lipinski definition) is 0. The lowest BCUT2D eigenvalue weighted by atomic mass is 9.78. The van der Waals surface area contributed by atoms with Gasteiger partial charge in [-0.2, -0.15) is 0 Å². The number of rotatable bonds is 6. The minimum Gasteiger partial charge on any atom is -0.207 e. The van der Waals surface area contributed by atoms with Crippen LogP contribution in [0.3, 0.4) is 0 Å². The molecule has 0 nitrogen and oxygen atoms in total. The van der Waals surface area contributed by atoms with Crippen molar-refractivity contribution in [3.8, 4) is 0 Å². The Kier molecular flexibility index (Phi) is 7.15. The highest BCUT2D eigenvalue weighted by atomic mass is 28.3. The average Bonchev–Trinajstić information content (AvgIpc) is 2.62. The van der Waals surface area contributed by atoms with Crippen LogP contribution in [0.2, 0.25) is 18.1 Å². The summed E-state index contributed by atoms with van der Waals surface area (Å²) in [6.07, 6.45) is 11.5. The number of hydrogen-bond acceptors (Lipinski definition) is 0. The molecule has 1 aromatic carbocycles. The minimum atomic E-state index is -0.404. The summed E-state index contributed by atoms with van der Waals surface area (Å²) in [5.74, 6) is 3.50. The van der Waals surface area contributed by atoms with E-state index in [0.717, 1.165) is 17.8 Å². The van der Waals surface area contributed by atoms with Crippen molar-refractivity contribution in [1.29, 1.82) is 0 Å². The Hall–Kier alpha value is -0.633. The first-order valence-corrected chi connectivity index (χ1v) is 13.3. The molecule has 0 atom stereocenters. The van der Waals surface area contributed by atoms with Crippen molar-refractivity contribution in [3.05, 3.63) is 35.6 Å². The lowest BCUT2D eigenvalue weighted by Gasteiger charge is -2.32. The van der Waals surface area contributed by atoms with E-state index in [-0.39, 0.29) is 5.82 Å². The molecule has 1 aliphatic carbocycles. The lowest BCUT2D eigenvalue weighted by Crippen LogP contribution is -2.23. The molecule has 1 aliphatic heterocycles. The molecule has 140 valence electrons. The molecule has 1 aromatic rings. The van der Waals surface area contributed by atoms with Crippen molar-refractivity contribution in [1.82, 2.24) is 0 Å². The van der Waals surface area contributed by atoms with E-state index < -0.39 is 8.80 Å². The zero-order chi connectivity index (χ0) is 17.6. The fraction of sp³-hybridized carbons (Fsp3) is 0.739. The van der Waals surface area contributed by atoms with Crippen molar-refractivity contribution in [2.24, 2.45) is 17.8 Å². The van der Waals surface area contributed by atoms with E-state index in [1.165, 1.54) is 44.1 Å².